The van der Waals surface area contributed by atoms with Gasteiger partial charge in [0.25, 0.3) is 0 Å². The Balaban J connectivity index is 1.96. The van der Waals surface area contributed by atoms with Gasteiger partial charge in [-0.15, -0.1) is 0 Å². The van der Waals surface area contributed by atoms with Crippen LogP contribution in [-0.4, -0.2) is 46.8 Å². The highest BCUT2D eigenvalue weighted by Gasteiger charge is 2.26. The van der Waals surface area contributed by atoms with E-state index in [1.165, 1.54) is 0 Å². The van der Waals surface area contributed by atoms with E-state index in [2.05, 4.69) is 16.9 Å². The van der Waals surface area contributed by atoms with Crippen LogP contribution in [0.4, 0.5) is 0 Å². The summed E-state index contributed by atoms with van der Waals surface area (Å²) < 4.78 is 7.51. The lowest BCUT2D eigenvalue weighted by Crippen LogP contribution is -2.51. The van der Waals surface area contributed by atoms with Crippen molar-refractivity contribution in [2.24, 2.45) is 12.8 Å². The smallest absolute Gasteiger partial charge is 0.122 e. The fourth-order valence-corrected chi connectivity index (χ4v) is 2.08. The van der Waals surface area contributed by atoms with Gasteiger partial charge in [0.1, 0.15) is 5.82 Å². The predicted molar refractivity (Wildman–Crippen MR) is 61.9 cm³/mol. The molecule has 5 heteroatoms. The molecule has 2 rings (SSSR count). The highest BCUT2D eigenvalue weighted by Crippen LogP contribution is 2.13. The maximum Gasteiger partial charge on any atom is 0.122 e. The van der Waals surface area contributed by atoms with E-state index in [9.17, 15) is 0 Å². The number of hydrogen-bond donors (Lipinski definition) is 1. The Morgan fingerprint density at radius 2 is 2.50 bits per heavy atom. The summed E-state index contributed by atoms with van der Waals surface area (Å²) in [7, 11) is 4.08. The number of nitrogens with zero attached hydrogens (tertiary/aromatic N) is 3. The second-order valence-corrected chi connectivity index (χ2v) is 4.46. The number of imidazole rings is 1. The van der Waals surface area contributed by atoms with E-state index in [-0.39, 0.29) is 6.04 Å². The van der Waals surface area contributed by atoms with Gasteiger partial charge < -0.3 is 15.0 Å². The fraction of sp³-hybridized carbons (Fsp3) is 0.727. The lowest BCUT2D eigenvalue weighted by atomic mass is 10.0. The van der Waals surface area contributed by atoms with Crippen LogP contribution in [0.15, 0.2) is 12.4 Å². The number of aromatic nitrogens is 2. The van der Waals surface area contributed by atoms with Crippen molar-refractivity contribution in [2.75, 3.05) is 20.3 Å². The molecule has 0 saturated carbocycles. The van der Waals surface area contributed by atoms with Crippen molar-refractivity contribution in [3.8, 4) is 0 Å². The van der Waals surface area contributed by atoms with Gasteiger partial charge in [-0.25, -0.2) is 4.98 Å². The highest BCUT2D eigenvalue weighted by molar-refractivity contribution is 4.93. The Bertz CT molecular complexity index is 338. The maximum atomic E-state index is 6.10. The van der Waals surface area contributed by atoms with E-state index < -0.39 is 0 Å². The average molecular weight is 224 g/mol. The number of likely N-dealkylation sites (N-methyl/N-ethyl adjacent to an activating group) is 1. The maximum absolute atomic E-state index is 6.10. The highest BCUT2D eigenvalue weighted by atomic mass is 16.5. The van der Waals surface area contributed by atoms with Crippen LogP contribution in [0.3, 0.4) is 0 Å². The first-order chi connectivity index (χ1) is 7.68. The molecule has 2 N–H and O–H groups in total. The molecule has 0 spiro atoms. The summed E-state index contributed by atoms with van der Waals surface area (Å²) in [6, 6.07) is 0.504. The van der Waals surface area contributed by atoms with Crippen molar-refractivity contribution < 1.29 is 4.74 Å². The van der Waals surface area contributed by atoms with E-state index in [1.807, 2.05) is 24.0 Å². The van der Waals surface area contributed by atoms with Crippen LogP contribution < -0.4 is 5.73 Å². The lowest BCUT2D eigenvalue weighted by Gasteiger charge is -2.35. The molecule has 1 aromatic heterocycles. The van der Waals surface area contributed by atoms with Crippen LogP contribution >= 0.6 is 0 Å². The number of aryl methyl sites for hydroxylation is 1. The molecule has 1 fully saturated rings. The van der Waals surface area contributed by atoms with Crippen molar-refractivity contribution >= 4 is 0 Å². The Kier molecular flexibility index (Phi) is 3.58. The van der Waals surface area contributed by atoms with E-state index in [1.54, 1.807) is 0 Å². The van der Waals surface area contributed by atoms with Gasteiger partial charge in [-0.05, 0) is 13.5 Å². The zero-order valence-electron chi connectivity index (χ0n) is 9.97. The third kappa shape index (κ3) is 2.42. The summed E-state index contributed by atoms with van der Waals surface area (Å²) in [5.74, 6) is 1.06. The van der Waals surface area contributed by atoms with E-state index in [0.717, 1.165) is 32.0 Å². The molecule has 1 aliphatic rings. The number of ether oxygens (including phenoxy) is 1. The largest absolute Gasteiger partial charge is 0.380 e. The minimum absolute atomic E-state index is 0.207. The van der Waals surface area contributed by atoms with Crippen LogP contribution in [0.1, 0.15) is 12.2 Å². The van der Waals surface area contributed by atoms with Crippen LogP contribution in [0.2, 0.25) is 0 Å². The minimum atomic E-state index is 0.207. The van der Waals surface area contributed by atoms with Crippen LogP contribution in [0.25, 0.3) is 0 Å². The Morgan fingerprint density at radius 1 is 1.69 bits per heavy atom. The van der Waals surface area contributed by atoms with Gasteiger partial charge in [0.15, 0.2) is 0 Å². The molecule has 1 aromatic rings. The van der Waals surface area contributed by atoms with Crippen molar-refractivity contribution in [2.45, 2.75) is 25.0 Å². The summed E-state index contributed by atoms with van der Waals surface area (Å²) in [5.41, 5.74) is 6.10. The van der Waals surface area contributed by atoms with Gasteiger partial charge in [0.05, 0.1) is 13.2 Å². The minimum Gasteiger partial charge on any atom is -0.380 e. The molecule has 0 aliphatic carbocycles. The molecule has 0 radical (unpaired) electrons. The van der Waals surface area contributed by atoms with Gasteiger partial charge in [0.2, 0.25) is 0 Å². The zero-order valence-corrected chi connectivity index (χ0v) is 9.97. The van der Waals surface area contributed by atoms with Crippen molar-refractivity contribution in [1.82, 2.24) is 14.5 Å². The van der Waals surface area contributed by atoms with Crippen LogP contribution in [-0.2, 0) is 18.3 Å². The molecule has 2 atom stereocenters. The summed E-state index contributed by atoms with van der Waals surface area (Å²) in [4.78, 5) is 6.54. The molecule has 2 unspecified atom stereocenters. The van der Waals surface area contributed by atoms with Gasteiger partial charge >= 0.3 is 0 Å². The molecule has 5 nitrogen and oxygen atoms in total. The predicted octanol–water partition coefficient (Wildman–Crippen LogP) is -0.0319. The van der Waals surface area contributed by atoms with E-state index >= 15 is 0 Å². The summed E-state index contributed by atoms with van der Waals surface area (Å²) in [6.07, 6.45) is 4.72. The molecule has 1 aliphatic heterocycles. The van der Waals surface area contributed by atoms with Crippen LogP contribution in [0, 0.1) is 0 Å². The molecule has 16 heavy (non-hydrogen) atoms. The quantitative estimate of drug-likeness (QED) is 0.783. The Labute approximate surface area is 96.2 Å². The number of nitrogens with two attached hydrogens (primary N) is 1. The molecular weight excluding hydrogens is 204 g/mol. The molecular formula is C11H20N4O. The third-order valence-corrected chi connectivity index (χ3v) is 3.26. The first kappa shape index (κ1) is 11.6. The second kappa shape index (κ2) is 4.95. The topological polar surface area (TPSA) is 56.3 Å². The number of hydrogen-bond acceptors (Lipinski definition) is 4. The normalized spacial score (nSPS) is 26.2. The first-order valence-electron chi connectivity index (χ1n) is 5.68. The van der Waals surface area contributed by atoms with Gasteiger partial charge in [-0.1, -0.05) is 0 Å². The van der Waals surface area contributed by atoms with Gasteiger partial charge in [0, 0.05) is 38.1 Å². The van der Waals surface area contributed by atoms with Crippen molar-refractivity contribution in [3.63, 3.8) is 0 Å². The molecule has 0 amide bonds. The summed E-state index contributed by atoms with van der Waals surface area (Å²) in [5, 5.41) is 0. The van der Waals surface area contributed by atoms with Crippen molar-refractivity contribution in [1.29, 1.82) is 0 Å². The monoisotopic (exact) mass is 224 g/mol. The lowest BCUT2D eigenvalue weighted by molar-refractivity contribution is 0.0117. The standard InChI is InChI=1S/C11H20N4O/c1-14-5-4-13-11(14)7-15(2)10-8-16-6-3-9(10)12/h4-5,9-10H,3,6-8,12H2,1-2H3. The Morgan fingerprint density at radius 3 is 3.12 bits per heavy atom. The number of rotatable bonds is 3. The fourth-order valence-electron chi connectivity index (χ4n) is 2.08. The van der Waals surface area contributed by atoms with Crippen LogP contribution in [0.5, 0.6) is 0 Å². The molecule has 90 valence electrons. The molecule has 1 saturated heterocycles. The second-order valence-electron chi connectivity index (χ2n) is 4.46. The summed E-state index contributed by atoms with van der Waals surface area (Å²) in [6.45, 7) is 2.32. The van der Waals surface area contributed by atoms with E-state index in [0.29, 0.717) is 6.04 Å². The van der Waals surface area contributed by atoms with Crippen molar-refractivity contribution in [3.05, 3.63) is 18.2 Å². The average Bonchev–Trinajstić information content (AvgIpc) is 2.65. The molecule has 2 heterocycles. The van der Waals surface area contributed by atoms with E-state index in [4.69, 9.17) is 10.5 Å². The first-order valence-corrected chi connectivity index (χ1v) is 5.68. The molecule has 0 aromatic carbocycles. The zero-order chi connectivity index (χ0) is 11.5. The molecule has 0 bridgehead atoms. The SMILES string of the molecule is CN(Cc1nccn1C)C1COCCC1N. The third-order valence-electron chi connectivity index (χ3n) is 3.26. The summed E-state index contributed by atoms with van der Waals surface area (Å²) >= 11 is 0. The van der Waals surface area contributed by atoms with Gasteiger partial charge in [-0.3, -0.25) is 4.90 Å². The van der Waals surface area contributed by atoms with Gasteiger partial charge in [-0.2, -0.15) is 0 Å². The Hall–Kier alpha value is -0.910.